The highest BCUT2D eigenvalue weighted by molar-refractivity contribution is 5.73. The van der Waals surface area contributed by atoms with Crippen LogP contribution in [0.4, 0.5) is 0 Å². The van der Waals surface area contributed by atoms with Crippen molar-refractivity contribution in [3.05, 3.63) is 11.6 Å². The average Bonchev–Trinajstić information content (AvgIpc) is 3.37. The molecule has 9 aliphatic rings. The molecule has 0 spiro atoms. The molecule has 14 N–H and O–H groups in total. The molecular formula is C52H84O23. The molecule has 4 saturated heterocycles. The number of ether oxygens (including phenoxy) is 8. The molecule has 0 amide bonds. The zero-order valence-corrected chi connectivity index (χ0v) is 43.9. The minimum absolute atomic E-state index is 0.0781. The second kappa shape index (κ2) is 20.7. The topological polar surface area (TPSA) is 374 Å². The fraction of sp³-hybridized carbons (Fsp3) is 0.942. The first-order valence-electron chi connectivity index (χ1n) is 26.9. The van der Waals surface area contributed by atoms with Gasteiger partial charge < -0.3 is 109 Å². The second-order valence-electron chi connectivity index (χ2n) is 25.3. The van der Waals surface area contributed by atoms with Crippen molar-refractivity contribution in [1.82, 2.24) is 0 Å². The summed E-state index contributed by atoms with van der Waals surface area (Å²) in [6.45, 7) is 12.7. The number of fused-ring (bicyclic) bond motifs is 7. The predicted molar refractivity (Wildman–Crippen MR) is 254 cm³/mol. The summed E-state index contributed by atoms with van der Waals surface area (Å²) in [5, 5.41) is 153. The van der Waals surface area contributed by atoms with Gasteiger partial charge in [-0.15, -0.1) is 0 Å². The fourth-order valence-corrected chi connectivity index (χ4v) is 16.1. The molecule has 5 aliphatic carbocycles. The van der Waals surface area contributed by atoms with Gasteiger partial charge >= 0.3 is 5.97 Å². The quantitative estimate of drug-likeness (QED) is 0.0768. The standard InChI is InChI=1S/C52H84O23/c1-21-29(57)32(60)36(64)44(70-21)73-38-31(59)25(56)18-69-45(38)74-39-34(62)33(61)37(42(66)67)72-46(39)71-28-11-12-49(4)26(50(28,5)20-54)10-13-52(7)27(49)9-8-22-23-16-47(2,19-53)40(65)41(48(23,3)14-15-51(22,52)6)75-43-35(63)30(58)24(55)17-68-43/h8,21,23-41,43-46,53-65H,9-20H2,1-7H3,(H,66,67)/t21-,23+,24-,25-,26+,27-,28-,29-,30+,31+,32+,33+,34+,35-,36-,37+,38-,39-,40-,41+,43+,44+,45+,46-,47+,48-,49+,50-,51-,52-/m0/s1. The molecule has 0 aromatic rings. The highest BCUT2D eigenvalue weighted by Gasteiger charge is 2.71. The average molecular weight is 1080 g/mol. The third-order valence-electron chi connectivity index (χ3n) is 21.3. The van der Waals surface area contributed by atoms with Crippen molar-refractivity contribution < 1.29 is 114 Å². The summed E-state index contributed by atoms with van der Waals surface area (Å²) in [7, 11) is 0. The van der Waals surface area contributed by atoms with Gasteiger partial charge in [-0.25, -0.2) is 4.79 Å². The Morgan fingerprint density at radius 2 is 1.24 bits per heavy atom. The molecule has 23 heteroatoms. The van der Waals surface area contributed by atoms with Gasteiger partial charge in [0.1, 0.15) is 73.2 Å². The van der Waals surface area contributed by atoms with E-state index < -0.39 is 163 Å². The van der Waals surface area contributed by atoms with Crippen LogP contribution in [-0.2, 0) is 42.7 Å². The van der Waals surface area contributed by atoms with Gasteiger partial charge in [0.25, 0.3) is 0 Å². The van der Waals surface area contributed by atoms with Gasteiger partial charge in [0.15, 0.2) is 31.3 Å². The molecule has 4 heterocycles. The van der Waals surface area contributed by atoms with Gasteiger partial charge in [-0.05, 0) is 92.3 Å². The van der Waals surface area contributed by atoms with Crippen molar-refractivity contribution in [2.24, 2.45) is 50.2 Å². The Balaban J connectivity index is 0.979. The second-order valence-corrected chi connectivity index (χ2v) is 25.3. The Kier molecular flexibility index (Phi) is 16.0. The molecule has 8 fully saturated rings. The third-order valence-corrected chi connectivity index (χ3v) is 21.3. The SMILES string of the molecule is C[C@@H]1O[C@H](O[C@@H]2[C@@H](O[C@@H]3[C@@H](O[C@H]4CC[C@]5(C)[C@@H](CC[C@@]6(C)[C@H]5CC=C5[C@H]7C[C@](C)(CO)[C@@H](O)[C@@H](O[C@H]8OC[C@H](O)[C@@H](O)[C@@H]8O)[C@@]7(C)CC[C@@]56C)[C@]4(C)CO)O[C@@H](C(=O)O)[C@H](O)[C@H]3O)OC[C@H](O)[C@H]2O)[C@@H](O)[C@H](O)[C@H]1O. The van der Waals surface area contributed by atoms with Crippen LogP contribution < -0.4 is 0 Å². The van der Waals surface area contributed by atoms with Crippen LogP contribution in [0.3, 0.4) is 0 Å². The van der Waals surface area contributed by atoms with Crippen LogP contribution >= 0.6 is 0 Å². The Labute approximate surface area is 436 Å². The monoisotopic (exact) mass is 1080 g/mol. The first-order chi connectivity index (χ1) is 35.1. The molecule has 0 aromatic heterocycles. The molecule has 9 rings (SSSR count). The number of rotatable bonds is 11. The number of carbonyl (C=O) groups is 1. The van der Waals surface area contributed by atoms with E-state index in [0.717, 1.165) is 6.42 Å². The largest absolute Gasteiger partial charge is 0.479 e. The number of hydrogen-bond acceptors (Lipinski definition) is 22. The fourth-order valence-electron chi connectivity index (χ4n) is 16.1. The maximum absolute atomic E-state index is 12.5. The van der Waals surface area contributed by atoms with E-state index in [0.29, 0.717) is 44.9 Å². The van der Waals surface area contributed by atoms with Gasteiger partial charge in [-0.1, -0.05) is 53.2 Å². The number of hydrogen-bond donors (Lipinski definition) is 14. The number of allylic oxidation sites excluding steroid dienone is 2. The predicted octanol–water partition coefficient (Wildman–Crippen LogP) is -2.25. The first-order valence-corrected chi connectivity index (χ1v) is 26.9. The molecule has 0 radical (unpaired) electrons. The van der Waals surface area contributed by atoms with E-state index in [1.165, 1.54) is 12.5 Å². The molecule has 4 aliphatic heterocycles. The van der Waals surface area contributed by atoms with E-state index in [4.69, 9.17) is 37.9 Å². The number of aliphatic hydroxyl groups excluding tert-OH is 13. The van der Waals surface area contributed by atoms with Crippen molar-refractivity contribution in [3.63, 3.8) is 0 Å². The molecule has 0 unspecified atom stereocenters. The number of carboxylic acid groups (broad SMARTS) is 1. The summed E-state index contributed by atoms with van der Waals surface area (Å²) in [4.78, 5) is 12.5. The van der Waals surface area contributed by atoms with Crippen LogP contribution in [0.1, 0.15) is 99.8 Å². The van der Waals surface area contributed by atoms with Crippen LogP contribution in [0.25, 0.3) is 0 Å². The van der Waals surface area contributed by atoms with E-state index in [1.807, 2.05) is 13.8 Å². The summed E-state index contributed by atoms with van der Waals surface area (Å²) in [6.07, 6.45) is -25.7. The summed E-state index contributed by atoms with van der Waals surface area (Å²) in [6, 6.07) is 0. The van der Waals surface area contributed by atoms with Crippen LogP contribution in [0.15, 0.2) is 11.6 Å². The lowest BCUT2D eigenvalue weighted by atomic mass is 9.33. The van der Waals surface area contributed by atoms with Crippen molar-refractivity contribution in [3.8, 4) is 0 Å². The molecule has 23 nitrogen and oxygen atoms in total. The maximum atomic E-state index is 12.5. The van der Waals surface area contributed by atoms with Gasteiger partial charge in [0.2, 0.25) is 0 Å². The molecule has 0 bridgehead atoms. The van der Waals surface area contributed by atoms with Crippen molar-refractivity contribution in [2.75, 3.05) is 26.4 Å². The Morgan fingerprint density at radius 1 is 0.613 bits per heavy atom. The third kappa shape index (κ3) is 9.11. The summed E-state index contributed by atoms with van der Waals surface area (Å²) >= 11 is 0. The number of aliphatic carboxylic acids is 1. The summed E-state index contributed by atoms with van der Waals surface area (Å²) in [5.74, 6) is -1.89. The maximum Gasteiger partial charge on any atom is 0.335 e. The molecule has 75 heavy (non-hydrogen) atoms. The van der Waals surface area contributed by atoms with E-state index in [1.54, 1.807) is 0 Å². The van der Waals surface area contributed by atoms with E-state index >= 15 is 0 Å². The molecule has 0 aromatic carbocycles. The van der Waals surface area contributed by atoms with Gasteiger partial charge in [0, 0.05) is 16.2 Å². The van der Waals surface area contributed by atoms with Crippen molar-refractivity contribution >= 4 is 5.97 Å². The smallest absolute Gasteiger partial charge is 0.335 e. The number of carboxylic acids is 1. The van der Waals surface area contributed by atoms with Crippen LogP contribution in [0.5, 0.6) is 0 Å². The van der Waals surface area contributed by atoms with E-state index in [9.17, 15) is 76.3 Å². The van der Waals surface area contributed by atoms with Gasteiger partial charge in [-0.3, -0.25) is 0 Å². The molecule has 430 valence electrons. The lowest BCUT2D eigenvalue weighted by Gasteiger charge is -2.72. The summed E-state index contributed by atoms with van der Waals surface area (Å²) < 4.78 is 48.3. The number of aliphatic hydroxyl groups is 13. The lowest BCUT2D eigenvalue weighted by molar-refractivity contribution is -0.387. The molecule has 4 saturated carbocycles. The van der Waals surface area contributed by atoms with Crippen molar-refractivity contribution in [1.29, 1.82) is 0 Å². The van der Waals surface area contributed by atoms with Gasteiger partial charge in [-0.2, -0.15) is 0 Å². The first kappa shape index (κ1) is 58.0. The Hall–Kier alpha value is -1.63. The van der Waals surface area contributed by atoms with Crippen molar-refractivity contribution in [2.45, 2.75) is 229 Å². The summed E-state index contributed by atoms with van der Waals surface area (Å²) in [5.41, 5.74) is -2.58. The highest BCUT2D eigenvalue weighted by Crippen LogP contribution is 2.76. The van der Waals surface area contributed by atoms with Crippen LogP contribution in [-0.4, -0.2) is 233 Å². The van der Waals surface area contributed by atoms with E-state index in [2.05, 4.69) is 33.8 Å². The van der Waals surface area contributed by atoms with Crippen LogP contribution in [0, 0.1) is 50.2 Å². The Morgan fingerprint density at radius 3 is 1.89 bits per heavy atom. The van der Waals surface area contributed by atoms with Crippen LogP contribution in [0.2, 0.25) is 0 Å². The minimum atomic E-state index is -2.07. The molecular weight excluding hydrogens is 993 g/mol. The zero-order valence-electron chi connectivity index (χ0n) is 43.9. The molecule has 30 atom stereocenters. The lowest BCUT2D eigenvalue weighted by Crippen LogP contribution is -2.69. The van der Waals surface area contributed by atoms with Gasteiger partial charge in [0.05, 0.1) is 50.8 Å². The van der Waals surface area contributed by atoms with E-state index in [-0.39, 0.29) is 48.4 Å². The minimum Gasteiger partial charge on any atom is -0.479 e. The highest BCUT2D eigenvalue weighted by atomic mass is 16.8. The Bertz CT molecular complexity index is 2090. The zero-order chi connectivity index (χ0) is 54.9. The normalized spacial score (nSPS) is 57.1.